The molecule has 1 aromatic heterocycles. The predicted octanol–water partition coefficient (Wildman–Crippen LogP) is 3.36. The molecule has 0 aliphatic carbocycles. The Bertz CT molecular complexity index is 1290. The summed E-state index contributed by atoms with van der Waals surface area (Å²) in [4.78, 5) is 13.0. The van der Waals surface area contributed by atoms with Gasteiger partial charge in [0.15, 0.2) is 15.3 Å². The van der Waals surface area contributed by atoms with Crippen molar-refractivity contribution in [1.29, 1.82) is 0 Å². The van der Waals surface area contributed by atoms with Crippen LogP contribution in [-0.2, 0) is 15.6 Å². The first-order valence-electron chi connectivity index (χ1n) is 9.94. The van der Waals surface area contributed by atoms with Crippen LogP contribution in [0.4, 0.5) is 0 Å². The summed E-state index contributed by atoms with van der Waals surface area (Å²) < 4.78 is 28.6. The molecule has 1 aliphatic rings. The summed E-state index contributed by atoms with van der Waals surface area (Å²) in [6.45, 7) is 2.01. The molecule has 1 N–H and O–H groups in total. The topological polar surface area (TPSA) is 76.4 Å². The largest absolute Gasteiger partial charge is 0.463 e. The van der Waals surface area contributed by atoms with Crippen LogP contribution >= 0.6 is 0 Å². The van der Waals surface area contributed by atoms with Gasteiger partial charge >= 0.3 is 0 Å². The Morgan fingerprint density at radius 1 is 1.10 bits per heavy atom. The van der Waals surface area contributed by atoms with Crippen molar-refractivity contribution in [2.45, 2.75) is 18.6 Å². The zero-order chi connectivity index (χ0) is 21.1. The molecule has 1 fully saturated rings. The Balaban J connectivity index is 1.61. The fourth-order valence-corrected chi connectivity index (χ4v) is 4.44. The smallest absolute Gasteiger partial charge is 0.200 e. The van der Waals surface area contributed by atoms with Gasteiger partial charge in [-0.1, -0.05) is 36.1 Å². The minimum Gasteiger partial charge on any atom is -0.463 e. The molecule has 30 heavy (non-hydrogen) atoms. The standard InChI is InChI=1S/C24H23NO4S/c1-30(27,28)16-19-4-7-20(8-5-19)22-15-29-23-14-18(6-9-21(23)24(22)26)3-2-17-10-12-25-13-11-17/h4-9,14-15,17,25H,10-13,16H2,1H3. The third-order valence-corrected chi connectivity index (χ3v) is 6.09. The van der Waals surface area contributed by atoms with Crippen LogP contribution in [0.25, 0.3) is 22.1 Å². The van der Waals surface area contributed by atoms with E-state index in [1.165, 1.54) is 12.5 Å². The van der Waals surface area contributed by atoms with E-state index in [1.54, 1.807) is 30.3 Å². The number of benzene rings is 2. The highest BCUT2D eigenvalue weighted by Gasteiger charge is 2.12. The van der Waals surface area contributed by atoms with E-state index < -0.39 is 9.84 Å². The molecule has 0 unspecified atom stereocenters. The Hall–Kier alpha value is -2.88. The summed E-state index contributed by atoms with van der Waals surface area (Å²) in [7, 11) is -3.10. The Morgan fingerprint density at radius 3 is 2.53 bits per heavy atom. The van der Waals surface area contributed by atoms with E-state index in [1.807, 2.05) is 12.1 Å². The Labute approximate surface area is 176 Å². The lowest BCUT2D eigenvalue weighted by Crippen LogP contribution is -2.26. The molecule has 1 saturated heterocycles. The molecular weight excluding hydrogens is 398 g/mol. The molecule has 2 aromatic carbocycles. The molecule has 0 atom stereocenters. The maximum atomic E-state index is 13.0. The monoisotopic (exact) mass is 421 g/mol. The van der Waals surface area contributed by atoms with Crippen LogP contribution in [0.15, 0.2) is 57.9 Å². The molecule has 5 nitrogen and oxygen atoms in total. The molecule has 4 rings (SSSR count). The minimum atomic E-state index is -3.10. The lowest BCUT2D eigenvalue weighted by Gasteiger charge is -2.17. The summed E-state index contributed by atoms with van der Waals surface area (Å²) in [6.07, 6.45) is 4.77. The SMILES string of the molecule is CS(=O)(=O)Cc1ccc(-c2coc3cc(C#CC4CCNCC4)ccc3c2=O)cc1. The van der Waals surface area contributed by atoms with Gasteiger partial charge in [0.25, 0.3) is 0 Å². The van der Waals surface area contributed by atoms with Crippen molar-refractivity contribution >= 4 is 20.8 Å². The lowest BCUT2D eigenvalue weighted by atomic mass is 9.98. The van der Waals surface area contributed by atoms with Gasteiger partial charge in [0.05, 0.1) is 16.7 Å². The fourth-order valence-electron chi connectivity index (χ4n) is 3.64. The second-order valence-electron chi connectivity index (χ2n) is 7.75. The summed E-state index contributed by atoms with van der Waals surface area (Å²) in [6, 6.07) is 12.4. The van der Waals surface area contributed by atoms with E-state index in [-0.39, 0.29) is 11.2 Å². The summed E-state index contributed by atoms with van der Waals surface area (Å²) in [5, 5.41) is 3.83. The normalized spacial score (nSPS) is 15.0. The first-order chi connectivity index (χ1) is 14.4. The molecule has 0 amide bonds. The van der Waals surface area contributed by atoms with Crippen LogP contribution in [-0.4, -0.2) is 27.8 Å². The van der Waals surface area contributed by atoms with Crippen LogP contribution < -0.4 is 10.7 Å². The number of rotatable bonds is 3. The quantitative estimate of drug-likeness (QED) is 0.657. The van der Waals surface area contributed by atoms with Crippen molar-refractivity contribution in [3.05, 3.63) is 70.1 Å². The van der Waals surface area contributed by atoms with Crippen LogP contribution in [0, 0.1) is 17.8 Å². The zero-order valence-electron chi connectivity index (χ0n) is 16.8. The number of hydrogen-bond acceptors (Lipinski definition) is 5. The molecule has 0 spiro atoms. The fraction of sp³-hybridized carbons (Fsp3) is 0.292. The summed E-state index contributed by atoms with van der Waals surface area (Å²) in [5.74, 6) is 6.91. The Morgan fingerprint density at radius 2 is 1.83 bits per heavy atom. The predicted molar refractivity (Wildman–Crippen MR) is 119 cm³/mol. The van der Waals surface area contributed by atoms with E-state index in [9.17, 15) is 13.2 Å². The molecule has 0 radical (unpaired) electrons. The highest BCUT2D eigenvalue weighted by Crippen LogP contribution is 2.22. The second kappa shape index (κ2) is 8.47. The van der Waals surface area contributed by atoms with Crippen LogP contribution in [0.1, 0.15) is 24.0 Å². The molecule has 1 aliphatic heterocycles. The van der Waals surface area contributed by atoms with E-state index in [0.29, 0.717) is 33.6 Å². The van der Waals surface area contributed by atoms with Crippen molar-refractivity contribution < 1.29 is 12.8 Å². The molecule has 0 bridgehead atoms. The van der Waals surface area contributed by atoms with Gasteiger partial charge in [-0.15, -0.1) is 0 Å². The van der Waals surface area contributed by atoms with Crippen molar-refractivity contribution in [1.82, 2.24) is 5.32 Å². The molecular formula is C24H23NO4S. The van der Waals surface area contributed by atoms with Crippen LogP contribution in [0.3, 0.4) is 0 Å². The average molecular weight is 422 g/mol. The molecule has 3 aromatic rings. The first-order valence-corrected chi connectivity index (χ1v) is 12.0. The van der Waals surface area contributed by atoms with Gasteiger partial charge < -0.3 is 9.73 Å². The lowest BCUT2D eigenvalue weighted by molar-refractivity contribution is 0.447. The Kier molecular flexibility index (Phi) is 5.76. The number of fused-ring (bicyclic) bond motifs is 1. The number of piperidine rings is 1. The van der Waals surface area contributed by atoms with Gasteiger partial charge in [-0.25, -0.2) is 8.42 Å². The van der Waals surface area contributed by atoms with Gasteiger partial charge in [-0.3, -0.25) is 4.79 Å². The van der Waals surface area contributed by atoms with Crippen molar-refractivity contribution in [3.63, 3.8) is 0 Å². The highest BCUT2D eigenvalue weighted by atomic mass is 32.2. The third kappa shape index (κ3) is 4.81. The zero-order valence-corrected chi connectivity index (χ0v) is 17.6. The average Bonchev–Trinajstić information content (AvgIpc) is 2.73. The molecule has 2 heterocycles. The minimum absolute atomic E-state index is 0.0270. The maximum Gasteiger partial charge on any atom is 0.200 e. The van der Waals surface area contributed by atoms with E-state index >= 15 is 0 Å². The molecule has 0 saturated carbocycles. The molecule has 154 valence electrons. The maximum absolute atomic E-state index is 13.0. The van der Waals surface area contributed by atoms with Gasteiger partial charge in [0.1, 0.15) is 11.8 Å². The van der Waals surface area contributed by atoms with E-state index in [0.717, 1.165) is 31.5 Å². The number of nitrogens with one attached hydrogen (secondary N) is 1. The van der Waals surface area contributed by atoms with Crippen molar-refractivity contribution in [2.24, 2.45) is 5.92 Å². The van der Waals surface area contributed by atoms with Crippen molar-refractivity contribution in [3.8, 4) is 23.0 Å². The van der Waals surface area contributed by atoms with E-state index in [4.69, 9.17) is 4.42 Å². The van der Waals surface area contributed by atoms with Gasteiger partial charge in [-0.2, -0.15) is 0 Å². The van der Waals surface area contributed by atoms with Gasteiger partial charge in [0.2, 0.25) is 0 Å². The van der Waals surface area contributed by atoms with Crippen LogP contribution in [0.2, 0.25) is 0 Å². The second-order valence-corrected chi connectivity index (χ2v) is 9.89. The number of hydrogen-bond donors (Lipinski definition) is 1. The number of sulfone groups is 1. The van der Waals surface area contributed by atoms with Crippen LogP contribution in [0.5, 0.6) is 0 Å². The summed E-state index contributed by atoms with van der Waals surface area (Å²) in [5.41, 5.74) is 3.05. The van der Waals surface area contributed by atoms with Crippen molar-refractivity contribution in [2.75, 3.05) is 19.3 Å². The van der Waals surface area contributed by atoms with E-state index in [2.05, 4.69) is 17.2 Å². The first kappa shape index (κ1) is 20.4. The van der Waals surface area contributed by atoms with Gasteiger partial charge in [0, 0.05) is 17.7 Å². The van der Waals surface area contributed by atoms with Gasteiger partial charge in [-0.05, 0) is 55.3 Å². The summed E-state index contributed by atoms with van der Waals surface area (Å²) >= 11 is 0. The third-order valence-electron chi connectivity index (χ3n) is 5.23. The molecule has 6 heteroatoms. The highest BCUT2D eigenvalue weighted by molar-refractivity contribution is 7.89.